The highest BCUT2D eigenvalue weighted by molar-refractivity contribution is 7.09. The van der Waals surface area contributed by atoms with Gasteiger partial charge >= 0.3 is 0 Å². The number of piperidine rings is 1. The molecule has 0 atom stereocenters. The van der Waals surface area contributed by atoms with Crippen molar-refractivity contribution >= 4 is 22.6 Å². The van der Waals surface area contributed by atoms with Crippen LogP contribution in [0.15, 0.2) is 24.3 Å². The molecule has 0 radical (unpaired) electrons. The molecule has 6 nitrogen and oxygen atoms in total. The Morgan fingerprint density at radius 2 is 2.07 bits per heavy atom. The van der Waals surface area contributed by atoms with E-state index in [0.29, 0.717) is 6.42 Å². The predicted octanol–water partition coefficient (Wildman–Crippen LogP) is 3.27. The molecule has 1 aromatic carbocycles. The number of benzene rings is 1. The summed E-state index contributed by atoms with van der Waals surface area (Å²) in [5.41, 5.74) is 0.957. The summed E-state index contributed by atoms with van der Waals surface area (Å²) in [6.45, 7) is 7.74. The molecule has 0 bridgehead atoms. The summed E-state index contributed by atoms with van der Waals surface area (Å²) >= 11 is 1.44. The van der Waals surface area contributed by atoms with Crippen LogP contribution < -0.4 is 15.0 Å². The largest absolute Gasteiger partial charge is 0.497 e. The number of aromatic nitrogens is 2. The Hall–Kier alpha value is -2.15. The molecular weight excluding hydrogens is 360 g/mol. The normalized spacial score (nSPS) is 15.6. The average molecular weight is 389 g/mol. The van der Waals surface area contributed by atoms with Crippen LogP contribution in [0.5, 0.6) is 5.75 Å². The van der Waals surface area contributed by atoms with E-state index in [-0.39, 0.29) is 17.4 Å². The van der Waals surface area contributed by atoms with Gasteiger partial charge in [-0.1, -0.05) is 12.1 Å². The Labute approximate surface area is 165 Å². The van der Waals surface area contributed by atoms with Crippen molar-refractivity contribution in [1.29, 1.82) is 0 Å². The van der Waals surface area contributed by atoms with E-state index in [4.69, 9.17) is 9.72 Å². The van der Waals surface area contributed by atoms with E-state index in [9.17, 15) is 4.79 Å². The summed E-state index contributed by atoms with van der Waals surface area (Å²) in [5, 5.41) is 4.04. The summed E-state index contributed by atoms with van der Waals surface area (Å²) in [6.07, 6.45) is 2.40. The number of amides is 1. The van der Waals surface area contributed by atoms with Crippen molar-refractivity contribution in [3.05, 3.63) is 35.7 Å². The van der Waals surface area contributed by atoms with Crippen LogP contribution in [-0.2, 0) is 11.2 Å². The van der Waals surface area contributed by atoms with Crippen LogP contribution in [0, 0.1) is 5.92 Å². The van der Waals surface area contributed by atoms with E-state index < -0.39 is 0 Å². The Bertz CT molecular complexity index is 776. The minimum Gasteiger partial charge on any atom is -0.497 e. The van der Waals surface area contributed by atoms with Crippen LogP contribution in [0.1, 0.15) is 45.0 Å². The van der Waals surface area contributed by atoms with E-state index in [1.54, 1.807) is 7.11 Å². The second-order valence-corrected chi connectivity index (χ2v) is 8.75. The van der Waals surface area contributed by atoms with Crippen LogP contribution in [-0.4, -0.2) is 41.0 Å². The van der Waals surface area contributed by atoms with Crippen LogP contribution in [0.25, 0.3) is 0 Å². The summed E-state index contributed by atoms with van der Waals surface area (Å²) in [6, 6.07) is 7.99. The monoisotopic (exact) mass is 388 g/mol. The highest BCUT2D eigenvalue weighted by Crippen LogP contribution is 2.26. The van der Waals surface area contributed by atoms with Crippen LogP contribution >= 0.6 is 11.5 Å². The molecule has 1 N–H and O–H groups in total. The van der Waals surface area contributed by atoms with Crippen LogP contribution in [0.4, 0.5) is 5.13 Å². The quantitative estimate of drug-likeness (QED) is 0.851. The van der Waals surface area contributed by atoms with Gasteiger partial charge in [-0.15, -0.1) is 0 Å². The third kappa shape index (κ3) is 5.42. The average Bonchev–Trinajstić information content (AvgIpc) is 3.09. The highest BCUT2D eigenvalue weighted by Gasteiger charge is 2.28. The topological polar surface area (TPSA) is 67.3 Å². The van der Waals surface area contributed by atoms with Gasteiger partial charge in [0.2, 0.25) is 11.0 Å². The number of hydrogen-bond acceptors (Lipinski definition) is 6. The zero-order chi connectivity index (χ0) is 19.4. The fourth-order valence-electron chi connectivity index (χ4n) is 3.21. The minimum absolute atomic E-state index is 0.0876. The first-order valence-electron chi connectivity index (χ1n) is 9.36. The molecule has 27 heavy (non-hydrogen) atoms. The van der Waals surface area contributed by atoms with Gasteiger partial charge in [0, 0.05) is 42.5 Å². The molecule has 2 aromatic rings. The van der Waals surface area contributed by atoms with Gasteiger partial charge in [0.05, 0.1) is 7.11 Å². The SMILES string of the molecule is COc1cccc(Cc2nsc(N3CCC(C(=O)NC(C)(C)C)CC3)n2)c1. The van der Waals surface area contributed by atoms with Gasteiger partial charge < -0.3 is 15.0 Å². The van der Waals surface area contributed by atoms with Crippen molar-refractivity contribution < 1.29 is 9.53 Å². The lowest BCUT2D eigenvalue weighted by Crippen LogP contribution is -2.47. The first kappa shape index (κ1) is 19.6. The molecule has 0 unspecified atom stereocenters. The van der Waals surface area contributed by atoms with Crippen molar-refractivity contribution in [2.45, 2.75) is 45.6 Å². The van der Waals surface area contributed by atoms with E-state index in [0.717, 1.165) is 48.2 Å². The van der Waals surface area contributed by atoms with E-state index in [2.05, 4.69) is 20.7 Å². The van der Waals surface area contributed by atoms with Gasteiger partial charge in [-0.05, 0) is 51.3 Å². The number of nitrogens with zero attached hydrogens (tertiary/aromatic N) is 3. The molecule has 0 spiro atoms. The first-order chi connectivity index (χ1) is 12.8. The number of nitrogens with one attached hydrogen (secondary N) is 1. The molecule has 3 rings (SSSR count). The Morgan fingerprint density at radius 3 is 2.74 bits per heavy atom. The van der Waals surface area contributed by atoms with Crippen molar-refractivity contribution in [1.82, 2.24) is 14.7 Å². The molecule has 1 aliphatic heterocycles. The maximum atomic E-state index is 12.4. The van der Waals surface area contributed by atoms with Gasteiger partial charge in [-0.3, -0.25) is 4.79 Å². The second kappa shape index (κ2) is 8.25. The molecule has 1 aliphatic rings. The molecule has 1 amide bonds. The Kier molecular flexibility index (Phi) is 5.99. The van der Waals surface area contributed by atoms with Gasteiger partial charge in [0.1, 0.15) is 11.6 Å². The van der Waals surface area contributed by atoms with Crippen molar-refractivity contribution in [2.24, 2.45) is 5.92 Å². The molecule has 1 aromatic heterocycles. The van der Waals surface area contributed by atoms with Gasteiger partial charge in [-0.2, -0.15) is 4.37 Å². The number of carbonyl (C=O) groups is 1. The fraction of sp³-hybridized carbons (Fsp3) is 0.550. The molecule has 2 heterocycles. The smallest absolute Gasteiger partial charge is 0.223 e. The first-order valence-corrected chi connectivity index (χ1v) is 10.1. The molecule has 7 heteroatoms. The van der Waals surface area contributed by atoms with Gasteiger partial charge in [0.15, 0.2) is 0 Å². The molecule has 146 valence electrons. The third-order valence-corrected chi connectivity index (χ3v) is 5.40. The van der Waals surface area contributed by atoms with Crippen molar-refractivity contribution in [2.75, 3.05) is 25.1 Å². The van der Waals surface area contributed by atoms with Gasteiger partial charge in [-0.25, -0.2) is 4.98 Å². The van der Waals surface area contributed by atoms with Gasteiger partial charge in [0.25, 0.3) is 0 Å². The number of ether oxygens (including phenoxy) is 1. The summed E-state index contributed by atoms with van der Waals surface area (Å²) < 4.78 is 9.79. The molecule has 1 saturated heterocycles. The lowest BCUT2D eigenvalue weighted by atomic mass is 9.95. The summed E-state index contributed by atoms with van der Waals surface area (Å²) in [4.78, 5) is 19.3. The minimum atomic E-state index is -0.178. The van der Waals surface area contributed by atoms with Crippen molar-refractivity contribution in [3.8, 4) is 5.75 Å². The highest BCUT2D eigenvalue weighted by atomic mass is 32.1. The number of rotatable bonds is 5. The number of anilines is 1. The molecule has 0 aliphatic carbocycles. The summed E-state index contributed by atoms with van der Waals surface area (Å²) in [7, 11) is 1.67. The molecule has 0 saturated carbocycles. The number of hydrogen-bond donors (Lipinski definition) is 1. The lowest BCUT2D eigenvalue weighted by Gasteiger charge is -2.32. The van der Waals surface area contributed by atoms with Crippen LogP contribution in [0.3, 0.4) is 0 Å². The van der Waals surface area contributed by atoms with Crippen LogP contribution in [0.2, 0.25) is 0 Å². The fourth-order valence-corrected chi connectivity index (χ4v) is 3.95. The summed E-state index contributed by atoms with van der Waals surface area (Å²) in [5.74, 6) is 1.93. The Balaban J connectivity index is 1.56. The maximum absolute atomic E-state index is 12.4. The third-order valence-electron chi connectivity index (χ3n) is 4.59. The number of carbonyl (C=O) groups excluding carboxylic acids is 1. The molecule has 1 fully saturated rings. The maximum Gasteiger partial charge on any atom is 0.223 e. The van der Waals surface area contributed by atoms with E-state index in [1.807, 2.05) is 39.0 Å². The van der Waals surface area contributed by atoms with E-state index >= 15 is 0 Å². The van der Waals surface area contributed by atoms with Crippen molar-refractivity contribution in [3.63, 3.8) is 0 Å². The second-order valence-electron chi connectivity index (χ2n) is 8.02. The zero-order valence-electron chi connectivity index (χ0n) is 16.5. The predicted molar refractivity (Wildman–Crippen MR) is 109 cm³/mol. The Morgan fingerprint density at radius 1 is 1.33 bits per heavy atom. The standard InChI is InChI=1S/C20H28N4O2S/c1-20(2,3)22-18(25)15-8-10-24(11-9-15)19-21-17(23-27-19)13-14-6-5-7-16(12-14)26-4/h5-7,12,15H,8-11,13H2,1-4H3,(H,22,25). The number of methoxy groups -OCH3 is 1. The van der Waals surface area contributed by atoms with E-state index in [1.165, 1.54) is 11.5 Å². The lowest BCUT2D eigenvalue weighted by molar-refractivity contribution is -0.127. The molecular formula is C20H28N4O2S. The zero-order valence-corrected chi connectivity index (χ0v) is 17.3.